The molecule has 58 heavy (non-hydrogen) atoms. The average Bonchev–Trinajstić information content (AvgIpc) is 3.80. The maximum Gasteiger partial charge on any atom is 0.104 e. The van der Waals surface area contributed by atoms with Crippen molar-refractivity contribution in [1.82, 2.24) is 9.13 Å². The highest BCUT2D eigenvalue weighted by Crippen LogP contribution is 2.43. The normalized spacial score (nSPS) is 12.0. The van der Waals surface area contributed by atoms with E-state index in [1.165, 1.54) is 5.56 Å². The maximum atomic E-state index is 11.4. The Balaban J connectivity index is 1.30. The van der Waals surface area contributed by atoms with Gasteiger partial charge in [-0.2, -0.15) is 21.0 Å². The topological polar surface area (TPSA) is 105 Å². The average molecular weight is 739 g/mol. The number of aromatic nitrogens is 2. The van der Waals surface area contributed by atoms with E-state index in [-0.39, 0.29) is 0 Å². The quantitative estimate of drug-likeness (QED) is 0.175. The van der Waals surface area contributed by atoms with E-state index in [1.807, 2.05) is 84.9 Å². The molecule has 0 atom stereocenters. The van der Waals surface area contributed by atoms with Gasteiger partial charge in [-0.05, 0) is 125 Å². The van der Waals surface area contributed by atoms with Gasteiger partial charge in [-0.1, -0.05) is 84.9 Å². The first kappa shape index (κ1) is 34.1. The number of hydrogen-bond acceptors (Lipinski definition) is 4. The van der Waals surface area contributed by atoms with E-state index in [1.54, 1.807) is 6.07 Å². The number of allylic oxidation sites excluding steroid dienone is 1. The second kappa shape index (κ2) is 13.7. The highest BCUT2D eigenvalue weighted by Gasteiger charge is 2.26. The SMILES string of the molecule is N#Cc1ccc(C2=Cc3c(c4ccccc4n3-c3cc(-c4cccc(C#N)c4)cc(-n4c5ccccc5c5ccc(-c6ccc(C#N)cc6)cc54)c3C#N)CC2)cc1. The maximum absolute atomic E-state index is 11.4. The first-order chi connectivity index (χ1) is 28.6. The summed E-state index contributed by atoms with van der Waals surface area (Å²) in [7, 11) is 0. The molecule has 268 valence electrons. The first-order valence-corrected chi connectivity index (χ1v) is 19.0. The van der Waals surface area contributed by atoms with Crippen molar-refractivity contribution >= 4 is 44.4 Å². The fraction of sp³-hybridized carbons (Fsp3) is 0.0385. The minimum absolute atomic E-state index is 0.508. The lowest BCUT2D eigenvalue weighted by atomic mass is 9.90. The van der Waals surface area contributed by atoms with E-state index in [0.717, 1.165) is 96.0 Å². The molecule has 1 aliphatic carbocycles. The highest BCUT2D eigenvalue weighted by molar-refractivity contribution is 6.10. The van der Waals surface area contributed by atoms with E-state index < -0.39 is 0 Å². The summed E-state index contributed by atoms with van der Waals surface area (Å²) in [6.45, 7) is 0. The van der Waals surface area contributed by atoms with Crippen molar-refractivity contribution in [2.45, 2.75) is 12.8 Å². The third-order valence-electron chi connectivity index (χ3n) is 11.4. The lowest BCUT2D eigenvalue weighted by molar-refractivity contribution is 0.977. The Kier molecular flexibility index (Phi) is 8.06. The van der Waals surface area contributed by atoms with Crippen LogP contribution in [0, 0.1) is 45.3 Å². The first-order valence-electron chi connectivity index (χ1n) is 19.0. The summed E-state index contributed by atoms with van der Waals surface area (Å²) in [5.41, 5.74) is 14.8. The molecule has 7 aromatic carbocycles. The van der Waals surface area contributed by atoms with E-state index >= 15 is 0 Å². The monoisotopic (exact) mass is 738 g/mol. The van der Waals surface area contributed by atoms with Gasteiger partial charge in [0.15, 0.2) is 0 Å². The molecular formula is C52H30N6. The number of benzene rings is 7. The second-order valence-corrected chi connectivity index (χ2v) is 14.5. The number of nitrogens with zero attached hydrogens (tertiary/aromatic N) is 6. The zero-order chi connectivity index (χ0) is 39.3. The molecule has 10 rings (SSSR count). The number of nitriles is 4. The Bertz CT molecular complexity index is 3370. The summed E-state index contributed by atoms with van der Waals surface area (Å²) in [6, 6.07) is 59.6. The fourth-order valence-electron chi connectivity index (χ4n) is 8.64. The summed E-state index contributed by atoms with van der Waals surface area (Å²) in [6.07, 6.45) is 3.90. The lowest BCUT2D eigenvalue weighted by Gasteiger charge is -2.21. The minimum atomic E-state index is 0.508. The third kappa shape index (κ3) is 5.45. The third-order valence-corrected chi connectivity index (χ3v) is 11.4. The standard InChI is InChI=1S/C52H30N6/c53-29-33-12-16-36(17-13-33)39-20-22-44-42-8-1-3-10-47(42)57(49(44)25-39)51-27-41(38-7-5-6-35(24-38)31-55)28-52(46(51)32-56)58-48-11-4-2-9-43(48)45-23-21-40(26-50(45)58)37-18-14-34(30-54)15-19-37/h1-20,22,24-28H,21,23H2. The van der Waals surface area contributed by atoms with Gasteiger partial charge < -0.3 is 9.13 Å². The predicted molar refractivity (Wildman–Crippen MR) is 230 cm³/mol. The van der Waals surface area contributed by atoms with Gasteiger partial charge in [-0.25, -0.2) is 0 Å². The number of para-hydroxylation sites is 2. The van der Waals surface area contributed by atoms with Crippen LogP contribution in [0.3, 0.4) is 0 Å². The van der Waals surface area contributed by atoms with Crippen LogP contribution < -0.4 is 0 Å². The van der Waals surface area contributed by atoms with Crippen LogP contribution in [-0.4, -0.2) is 9.13 Å². The van der Waals surface area contributed by atoms with Crippen LogP contribution in [0.1, 0.15) is 45.5 Å². The van der Waals surface area contributed by atoms with Gasteiger partial charge in [-0.15, -0.1) is 0 Å². The molecular weight excluding hydrogens is 709 g/mol. The summed E-state index contributed by atoms with van der Waals surface area (Å²) in [5.74, 6) is 0. The Labute approximate surface area is 334 Å². The van der Waals surface area contributed by atoms with Crippen molar-refractivity contribution in [3.05, 3.63) is 191 Å². The molecule has 9 aromatic rings. The molecule has 2 aromatic heterocycles. The zero-order valence-corrected chi connectivity index (χ0v) is 31.1. The van der Waals surface area contributed by atoms with Crippen molar-refractivity contribution in [3.63, 3.8) is 0 Å². The van der Waals surface area contributed by atoms with Crippen LogP contribution in [0.2, 0.25) is 0 Å². The van der Waals surface area contributed by atoms with Gasteiger partial charge in [0, 0.05) is 16.2 Å². The molecule has 0 aliphatic heterocycles. The van der Waals surface area contributed by atoms with Crippen LogP contribution in [0.25, 0.3) is 78.0 Å². The van der Waals surface area contributed by atoms with Gasteiger partial charge in [0.25, 0.3) is 0 Å². The molecule has 0 saturated heterocycles. The number of hydrogen-bond donors (Lipinski definition) is 0. The molecule has 0 N–H and O–H groups in total. The van der Waals surface area contributed by atoms with Crippen molar-refractivity contribution in [2.75, 3.05) is 0 Å². The Hall–Kier alpha value is -8.42. The smallest absolute Gasteiger partial charge is 0.104 e. The Morgan fingerprint density at radius 2 is 0.983 bits per heavy atom. The van der Waals surface area contributed by atoms with Gasteiger partial charge in [0.1, 0.15) is 11.6 Å². The molecule has 6 heteroatoms. The summed E-state index contributed by atoms with van der Waals surface area (Å²) in [5, 5.41) is 43.5. The number of aryl methyl sites for hydroxylation is 1. The number of rotatable bonds is 5. The van der Waals surface area contributed by atoms with Crippen LogP contribution in [-0.2, 0) is 6.42 Å². The predicted octanol–water partition coefficient (Wildman–Crippen LogP) is 12.0. The van der Waals surface area contributed by atoms with E-state index in [0.29, 0.717) is 22.3 Å². The molecule has 0 saturated carbocycles. The van der Waals surface area contributed by atoms with Gasteiger partial charge in [0.05, 0.1) is 68.5 Å². The fourth-order valence-corrected chi connectivity index (χ4v) is 8.64. The summed E-state index contributed by atoms with van der Waals surface area (Å²) in [4.78, 5) is 0. The van der Waals surface area contributed by atoms with Crippen LogP contribution in [0.15, 0.2) is 152 Å². The van der Waals surface area contributed by atoms with Crippen LogP contribution in [0.4, 0.5) is 0 Å². The van der Waals surface area contributed by atoms with Gasteiger partial charge in [0.2, 0.25) is 0 Å². The summed E-state index contributed by atoms with van der Waals surface area (Å²) < 4.78 is 4.44. The van der Waals surface area contributed by atoms with Crippen molar-refractivity contribution < 1.29 is 0 Å². The van der Waals surface area contributed by atoms with Crippen molar-refractivity contribution in [1.29, 1.82) is 21.0 Å². The molecule has 0 bridgehead atoms. The second-order valence-electron chi connectivity index (χ2n) is 14.5. The highest BCUT2D eigenvalue weighted by atomic mass is 15.0. The number of fused-ring (bicyclic) bond motifs is 6. The largest absolute Gasteiger partial charge is 0.308 e. The van der Waals surface area contributed by atoms with E-state index in [2.05, 4.69) is 100 Å². The lowest BCUT2D eigenvalue weighted by Crippen LogP contribution is -2.08. The Morgan fingerprint density at radius 1 is 0.397 bits per heavy atom. The molecule has 2 heterocycles. The van der Waals surface area contributed by atoms with Crippen LogP contribution in [0.5, 0.6) is 0 Å². The summed E-state index contributed by atoms with van der Waals surface area (Å²) >= 11 is 0. The van der Waals surface area contributed by atoms with Gasteiger partial charge in [-0.3, -0.25) is 0 Å². The molecule has 0 fully saturated rings. The van der Waals surface area contributed by atoms with Crippen molar-refractivity contribution in [2.24, 2.45) is 0 Å². The molecule has 1 aliphatic rings. The Morgan fingerprint density at radius 3 is 1.67 bits per heavy atom. The minimum Gasteiger partial charge on any atom is -0.308 e. The molecule has 0 radical (unpaired) electrons. The van der Waals surface area contributed by atoms with Crippen molar-refractivity contribution in [3.8, 4) is 57.9 Å². The zero-order valence-electron chi connectivity index (χ0n) is 31.1. The molecule has 0 amide bonds. The van der Waals surface area contributed by atoms with Gasteiger partial charge >= 0.3 is 0 Å². The molecule has 6 nitrogen and oxygen atoms in total. The molecule has 0 unspecified atom stereocenters. The van der Waals surface area contributed by atoms with E-state index in [9.17, 15) is 21.0 Å². The van der Waals surface area contributed by atoms with Crippen LogP contribution >= 0.6 is 0 Å². The molecule has 0 spiro atoms. The van der Waals surface area contributed by atoms with E-state index in [4.69, 9.17) is 0 Å².